The lowest BCUT2D eigenvalue weighted by atomic mass is 9.97. The van der Waals surface area contributed by atoms with Crippen molar-refractivity contribution in [1.29, 1.82) is 0 Å². The van der Waals surface area contributed by atoms with E-state index < -0.39 is 49.5 Å². The largest absolute Gasteiger partial charge is 0.433 e. The molecular formula is C10H11F7O3. The zero-order valence-corrected chi connectivity index (χ0v) is 9.89. The van der Waals surface area contributed by atoms with E-state index in [4.69, 9.17) is 5.11 Å². The molecule has 0 radical (unpaired) electrons. The summed E-state index contributed by atoms with van der Waals surface area (Å²) in [4.78, 5) is 10.6. The minimum absolute atomic E-state index is 0.633. The van der Waals surface area contributed by atoms with Gasteiger partial charge in [-0.2, -0.15) is 26.3 Å². The maximum absolute atomic E-state index is 13.1. The summed E-state index contributed by atoms with van der Waals surface area (Å²) in [7, 11) is 0. The van der Waals surface area contributed by atoms with Crippen molar-refractivity contribution in [1.82, 2.24) is 0 Å². The molecule has 0 saturated carbocycles. The minimum atomic E-state index is -6.13. The molecule has 118 valence electrons. The van der Waals surface area contributed by atoms with Crippen LogP contribution in [0.2, 0.25) is 0 Å². The highest BCUT2D eigenvalue weighted by molar-refractivity contribution is 5.81. The van der Waals surface area contributed by atoms with E-state index in [0.29, 0.717) is 6.08 Å². The van der Waals surface area contributed by atoms with Crippen LogP contribution in [0.3, 0.4) is 0 Å². The zero-order chi connectivity index (χ0) is 16.2. The molecule has 1 unspecified atom stereocenters. The minimum Gasteiger partial charge on any atom is -0.433 e. The second-order valence-corrected chi connectivity index (χ2v) is 3.78. The van der Waals surface area contributed by atoms with Crippen molar-refractivity contribution < 1.29 is 45.4 Å². The normalized spacial score (nSPS) is 14.8. The van der Waals surface area contributed by atoms with Crippen LogP contribution < -0.4 is 0 Å². The van der Waals surface area contributed by atoms with E-state index in [1.165, 1.54) is 0 Å². The van der Waals surface area contributed by atoms with E-state index in [2.05, 4.69) is 11.3 Å². The molecule has 20 heavy (non-hydrogen) atoms. The van der Waals surface area contributed by atoms with Gasteiger partial charge in [0.15, 0.2) is 0 Å². The molecule has 0 rings (SSSR count). The lowest BCUT2D eigenvalue weighted by Crippen LogP contribution is -2.53. The Kier molecular flexibility index (Phi) is 6.00. The number of esters is 1. The summed E-state index contributed by atoms with van der Waals surface area (Å²) in [5.41, 5.74) is -5.37. The number of carbonyl (C=O) groups excluding carboxylic acids is 1. The molecule has 1 N–H and O–H groups in total. The zero-order valence-electron chi connectivity index (χ0n) is 9.89. The Morgan fingerprint density at radius 3 is 1.95 bits per heavy atom. The summed E-state index contributed by atoms with van der Waals surface area (Å²) in [5.74, 6) is -1.12. The third-order valence-electron chi connectivity index (χ3n) is 2.29. The number of aliphatic hydroxyl groups is 1. The van der Waals surface area contributed by atoms with Gasteiger partial charge in [-0.1, -0.05) is 6.58 Å². The van der Waals surface area contributed by atoms with Gasteiger partial charge in [0.2, 0.25) is 6.29 Å². The van der Waals surface area contributed by atoms with Gasteiger partial charge >= 0.3 is 18.3 Å². The first-order valence-electron chi connectivity index (χ1n) is 5.18. The second kappa shape index (κ2) is 6.42. The van der Waals surface area contributed by atoms with Crippen molar-refractivity contribution in [2.24, 2.45) is 0 Å². The Balaban J connectivity index is 4.59. The Bertz CT molecular complexity index is 334. The van der Waals surface area contributed by atoms with Crippen LogP contribution in [-0.2, 0) is 9.53 Å². The van der Waals surface area contributed by atoms with Crippen LogP contribution in [0.1, 0.15) is 19.3 Å². The van der Waals surface area contributed by atoms with Gasteiger partial charge in [0.05, 0.1) is 0 Å². The SMILES string of the molecule is C=CC(=O)OC(O)CCCC(F)(C(F)(F)F)C(F)(F)F. The van der Waals surface area contributed by atoms with Gasteiger partial charge in [0.1, 0.15) is 0 Å². The fourth-order valence-corrected chi connectivity index (χ4v) is 1.21. The third-order valence-corrected chi connectivity index (χ3v) is 2.29. The second-order valence-electron chi connectivity index (χ2n) is 3.78. The molecule has 0 aromatic rings. The van der Waals surface area contributed by atoms with Crippen LogP contribution in [-0.4, -0.2) is 35.4 Å². The molecule has 0 fully saturated rings. The molecule has 0 spiro atoms. The highest BCUT2D eigenvalue weighted by atomic mass is 19.4. The van der Waals surface area contributed by atoms with E-state index in [1.54, 1.807) is 0 Å². The van der Waals surface area contributed by atoms with Crippen LogP contribution in [0, 0.1) is 0 Å². The van der Waals surface area contributed by atoms with Crippen molar-refractivity contribution in [3.05, 3.63) is 12.7 Å². The molecule has 0 aliphatic carbocycles. The number of rotatable bonds is 6. The van der Waals surface area contributed by atoms with Gasteiger partial charge < -0.3 is 9.84 Å². The maximum atomic E-state index is 13.1. The number of halogens is 7. The van der Waals surface area contributed by atoms with E-state index >= 15 is 0 Å². The number of ether oxygens (including phenoxy) is 1. The van der Waals surface area contributed by atoms with Crippen LogP contribution in [0.15, 0.2) is 12.7 Å². The van der Waals surface area contributed by atoms with Gasteiger partial charge in [0.25, 0.3) is 5.67 Å². The fraction of sp³-hybridized carbons (Fsp3) is 0.700. The van der Waals surface area contributed by atoms with Crippen molar-refractivity contribution in [2.45, 2.75) is 43.6 Å². The van der Waals surface area contributed by atoms with E-state index in [-0.39, 0.29) is 0 Å². The number of carbonyl (C=O) groups is 1. The Morgan fingerprint density at radius 1 is 1.15 bits per heavy atom. The maximum Gasteiger partial charge on any atom is 0.431 e. The first kappa shape index (κ1) is 18.7. The first-order chi connectivity index (χ1) is 8.85. The summed E-state index contributed by atoms with van der Waals surface area (Å²) in [6.07, 6.45) is -17.3. The molecule has 0 aromatic carbocycles. The van der Waals surface area contributed by atoms with Gasteiger partial charge in [-0.3, -0.25) is 0 Å². The highest BCUT2D eigenvalue weighted by Gasteiger charge is 2.71. The monoisotopic (exact) mass is 312 g/mol. The molecule has 10 heteroatoms. The fourth-order valence-electron chi connectivity index (χ4n) is 1.21. The van der Waals surface area contributed by atoms with Crippen LogP contribution in [0.4, 0.5) is 30.7 Å². The molecule has 3 nitrogen and oxygen atoms in total. The molecule has 0 heterocycles. The predicted molar refractivity (Wildman–Crippen MR) is 52.1 cm³/mol. The highest BCUT2D eigenvalue weighted by Crippen LogP contribution is 2.49. The van der Waals surface area contributed by atoms with Crippen molar-refractivity contribution in [2.75, 3.05) is 0 Å². The lowest BCUT2D eigenvalue weighted by molar-refractivity contribution is -0.343. The van der Waals surface area contributed by atoms with Crippen LogP contribution in [0.25, 0.3) is 0 Å². The van der Waals surface area contributed by atoms with Crippen molar-refractivity contribution in [3.8, 4) is 0 Å². The number of aliphatic hydroxyl groups excluding tert-OH is 1. The standard InChI is InChI=1S/C10H11F7O3/c1-2-6(18)20-7(19)4-3-5-8(11,9(12,13)14)10(15,16)17/h2,7,19H,1,3-5H2. The average molecular weight is 312 g/mol. The van der Waals surface area contributed by atoms with Crippen LogP contribution >= 0.6 is 0 Å². The molecule has 0 aromatic heterocycles. The van der Waals surface area contributed by atoms with Crippen molar-refractivity contribution in [3.63, 3.8) is 0 Å². The summed E-state index contributed by atoms with van der Waals surface area (Å²) in [6.45, 7) is 2.95. The molecule has 0 bridgehead atoms. The van der Waals surface area contributed by atoms with Gasteiger partial charge in [-0.05, 0) is 12.8 Å². The number of hydrogen-bond acceptors (Lipinski definition) is 3. The Labute approximate surface area is 109 Å². The summed E-state index contributed by atoms with van der Waals surface area (Å²) < 4.78 is 90.0. The molecule has 0 saturated heterocycles. The van der Waals surface area contributed by atoms with Crippen molar-refractivity contribution >= 4 is 5.97 Å². The topological polar surface area (TPSA) is 46.5 Å². The first-order valence-corrected chi connectivity index (χ1v) is 5.18. The predicted octanol–water partition coefficient (Wildman–Crippen LogP) is 3.04. The molecule has 0 amide bonds. The quantitative estimate of drug-likeness (QED) is 0.355. The van der Waals surface area contributed by atoms with E-state index in [1.807, 2.05) is 0 Å². The summed E-state index contributed by atoms with van der Waals surface area (Å²) >= 11 is 0. The van der Waals surface area contributed by atoms with Gasteiger partial charge in [0, 0.05) is 12.5 Å². The van der Waals surface area contributed by atoms with Gasteiger partial charge in [-0.15, -0.1) is 0 Å². The van der Waals surface area contributed by atoms with Crippen LogP contribution in [0.5, 0.6) is 0 Å². The molecule has 0 aliphatic heterocycles. The number of hydrogen-bond donors (Lipinski definition) is 1. The summed E-state index contributed by atoms with van der Waals surface area (Å²) in [5, 5.41) is 8.98. The summed E-state index contributed by atoms with van der Waals surface area (Å²) in [6, 6.07) is 0. The molecule has 0 aliphatic rings. The third kappa shape index (κ3) is 4.66. The Hall–Kier alpha value is -1.32. The molecular weight excluding hydrogens is 301 g/mol. The number of alkyl halides is 7. The van der Waals surface area contributed by atoms with E-state index in [0.717, 1.165) is 0 Å². The smallest absolute Gasteiger partial charge is 0.431 e. The molecule has 1 atom stereocenters. The average Bonchev–Trinajstić information content (AvgIpc) is 2.25. The lowest BCUT2D eigenvalue weighted by Gasteiger charge is -2.30. The van der Waals surface area contributed by atoms with Gasteiger partial charge in [-0.25, -0.2) is 9.18 Å². The van der Waals surface area contributed by atoms with E-state index in [9.17, 15) is 35.5 Å². The Morgan fingerprint density at radius 2 is 1.60 bits per heavy atom.